The molecule has 0 aromatic heterocycles. The second-order valence-electron chi connectivity index (χ2n) is 9.32. The minimum Gasteiger partial charge on any atom is -0.330 e. The standard InChI is InChI=1S/C27H58N2/c1-2-3-4-5-6-7-8-9-10-11-12-13-14-15-16-17-18-19-20-21-22-23-26-29-27-24-25-28/h29H,2-28H2,1H3. The lowest BCUT2D eigenvalue weighted by Crippen LogP contribution is -2.19. The third kappa shape index (κ3) is 27.9. The van der Waals surface area contributed by atoms with E-state index >= 15 is 0 Å². The predicted octanol–water partition coefficient (Wildman–Crippen LogP) is 8.53. The molecule has 3 N–H and O–H groups in total. The molecule has 0 fully saturated rings. The molecule has 0 rings (SSSR count). The second kappa shape index (κ2) is 27.9. The molecule has 0 atom stereocenters. The van der Waals surface area contributed by atoms with E-state index in [1.54, 1.807) is 0 Å². The molecule has 0 aliphatic rings. The van der Waals surface area contributed by atoms with Crippen molar-refractivity contribution < 1.29 is 0 Å². The fourth-order valence-electron chi connectivity index (χ4n) is 4.21. The topological polar surface area (TPSA) is 38.0 Å². The van der Waals surface area contributed by atoms with Crippen LogP contribution in [0.5, 0.6) is 0 Å². The first-order chi connectivity index (χ1) is 14.4. The van der Waals surface area contributed by atoms with Crippen molar-refractivity contribution in [2.45, 2.75) is 155 Å². The monoisotopic (exact) mass is 410 g/mol. The fraction of sp³-hybridized carbons (Fsp3) is 1.00. The maximum absolute atomic E-state index is 5.49. The van der Waals surface area contributed by atoms with Gasteiger partial charge in [0, 0.05) is 0 Å². The largest absolute Gasteiger partial charge is 0.330 e. The normalized spacial score (nSPS) is 11.4. The fourth-order valence-corrected chi connectivity index (χ4v) is 4.21. The number of hydrogen-bond acceptors (Lipinski definition) is 2. The average molecular weight is 411 g/mol. The van der Waals surface area contributed by atoms with Gasteiger partial charge in [-0.2, -0.15) is 0 Å². The first kappa shape index (κ1) is 28.9. The van der Waals surface area contributed by atoms with E-state index in [2.05, 4.69) is 12.2 Å². The smallest absolute Gasteiger partial charge is 0.00369 e. The summed E-state index contributed by atoms with van der Waals surface area (Å²) in [6, 6.07) is 0. The van der Waals surface area contributed by atoms with Crippen LogP contribution in [0.2, 0.25) is 0 Å². The third-order valence-corrected chi connectivity index (χ3v) is 6.26. The van der Waals surface area contributed by atoms with Gasteiger partial charge in [0.25, 0.3) is 0 Å². The van der Waals surface area contributed by atoms with E-state index in [0.717, 1.165) is 19.5 Å². The van der Waals surface area contributed by atoms with Crippen LogP contribution in [0.4, 0.5) is 0 Å². The van der Waals surface area contributed by atoms with Gasteiger partial charge < -0.3 is 11.1 Å². The van der Waals surface area contributed by atoms with Crippen molar-refractivity contribution in [2.24, 2.45) is 5.73 Å². The Kier molecular flexibility index (Phi) is 27.8. The number of nitrogens with two attached hydrogens (primary N) is 1. The highest BCUT2D eigenvalue weighted by Crippen LogP contribution is 2.15. The van der Waals surface area contributed by atoms with Crippen LogP contribution in [-0.4, -0.2) is 19.6 Å². The molecule has 2 heteroatoms. The number of nitrogens with one attached hydrogen (secondary N) is 1. The van der Waals surface area contributed by atoms with Gasteiger partial charge in [0.2, 0.25) is 0 Å². The molecule has 0 bridgehead atoms. The van der Waals surface area contributed by atoms with Crippen LogP contribution in [0, 0.1) is 0 Å². The summed E-state index contributed by atoms with van der Waals surface area (Å²) >= 11 is 0. The van der Waals surface area contributed by atoms with Gasteiger partial charge in [-0.15, -0.1) is 0 Å². The summed E-state index contributed by atoms with van der Waals surface area (Å²) in [7, 11) is 0. The van der Waals surface area contributed by atoms with Crippen molar-refractivity contribution in [3.05, 3.63) is 0 Å². The molecule has 0 saturated heterocycles. The molecule has 176 valence electrons. The van der Waals surface area contributed by atoms with Crippen LogP contribution in [0.3, 0.4) is 0 Å². The van der Waals surface area contributed by atoms with Gasteiger partial charge in [0.15, 0.2) is 0 Å². The van der Waals surface area contributed by atoms with Crippen LogP contribution in [0.1, 0.15) is 155 Å². The Hall–Kier alpha value is -0.0800. The van der Waals surface area contributed by atoms with E-state index in [9.17, 15) is 0 Å². The molecular weight excluding hydrogens is 352 g/mol. The summed E-state index contributed by atoms with van der Waals surface area (Å²) in [6.45, 7) is 5.39. The Morgan fingerprint density at radius 3 is 0.966 bits per heavy atom. The Morgan fingerprint density at radius 2 is 0.655 bits per heavy atom. The van der Waals surface area contributed by atoms with E-state index in [1.807, 2.05) is 0 Å². The van der Waals surface area contributed by atoms with Crippen LogP contribution in [0.25, 0.3) is 0 Å². The average Bonchev–Trinajstić information content (AvgIpc) is 2.74. The van der Waals surface area contributed by atoms with Crippen LogP contribution in [-0.2, 0) is 0 Å². The Bertz CT molecular complexity index is 241. The van der Waals surface area contributed by atoms with Gasteiger partial charge in [0.05, 0.1) is 0 Å². The molecule has 0 unspecified atom stereocenters. The van der Waals surface area contributed by atoms with E-state index in [-0.39, 0.29) is 0 Å². The lowest BCUT2D eigenvalue weighted by molar-refractivity contribution is 0.517. The van der Waals surface area contributed by atoms with E-state index < -0.39 is 0 Å². The maximum atomic E-state index is 5.49. The van der Waals surface area contributed by atoms with Gasteiger partial charge in [0.1, 0.15) is 0 Å². The predicted molar refractivity (Wildman–Crippen MR) is 134 cm³/mol. The zero-order valence-corrected chi connectivity index (χ0v) is 20.5. The first-order valence-corrected chi connectivity index (χ1v) is 13.8. The molecule has 0 spiro atoms. The molecule has 0 saturated carbocycles. The highest BCUT2D eigenvalue weighted by atomic mass is 14.8. The highest BCUT2D eigenvalue weighted by molar-refractivity contribution is 4.52. The Labute approximate surface area is 185 Å². The number of unbranched alkanes of at least 4 members (excludes halogenated alkanes) is 21. The van der Waals surface area contributed by atoms with Gasteiger partial charge in [-0.25, -0.2) is 0 Å². The molecule has 0 heterocycles. The molecule has 0 aromatic rings. The van der Waals surface area contributed by atoms with Gasteiger partial charge in [-0.05, 0) is 32.5 Å². The molecule has 0 radical (unpaired) electrons. The van der Waals surface area contributed by atoms with Crippen molar-refractivity contribution >= 4 is 0 Å². The minimum atomic E-state index is 0.812. The van der Waals surface area contributed by atoms with Crippen molar-refractivity contribution in [1.29, 1.82) is 0 Å². The summed E-state index contributed by atoms with van der Waals surface area (Å²) in [4.78, 5) is 0. The second-order valence-corrected chi connectivity index (χ2v) is 9.32. The molecular formula is C27H58N2. The summed E-state index contributed by atoms with van der Waals surface area (Å²) in [6.07, 6.45) is 33.2. The zero-order valence-electron chi connectivity index (χ0n) is 20.5. The van der Waals surface area contributed by atoms with Gasteiger partial charge in [-0.1, -0.05) is 142 Å². The number of hydrogen-bond donors (Lipinski definition) is 2. The van der Waals surface area contributed by atoms with Crippen molar-refractivity contribution in [1.82, 2.24) is 5.32 Å². The first-order valence-electron chi connectivity index (χ1n) is 13.8. The maximum Gasteiger partial charge on any atom is -0.00369 e. The van der Waals surface area contributed by atoms with Gasteiger partial charge >= 0.3 is 0 Å². The van der Waals surface area contributed by atoms with Crippen LogP contribution < -0.4 is 11.1 Å². The van der Waals surface area contributed by atoms with E-state index in [0.29, 0.717) is 0 Å². The van der Waals surface area contributed by atoms with Crippen LogP contribution >= 0.6 is 0 Å². The molecule has 0 aliphatic heterocycles. The van der Waals surface area contributed by atoms with E-state index in [1.165, 1.54) is 148 Å². The SMILES string of the molecule is CCCCCCCCCCCCCCCCCCCCCCCCNCCCN. The molecule has 29 heavy (non-hydrogen) atoms. The van der Waals surface area contributed by atoms with Crippen molar-refractivity contribution in [3.8, 4) is 0 Å². The lowest BCUT2D eigenvalue weighted by atomic mass is 10.0. The zero-order chi connectivity index (χ0) is 21.1. The molecule has 0 amide bonds. The Morgan fingerprint density at radius 1 is 0.379 bits per heavy atom. The summed E-state index contributed by atoms with van der Waals surface area (Å²) in [5, 5.41) is 3.47. The third-order valence-electron chi connectivity index (χ3n) is 6.26. The molecule has 0 aliphatic carbocycles. The molecule has 2 nitrogen and oxygen atoms in total. The van der Waals surface area contributed by atoms with Crippen molar-refractivity contribution in [2.75, 3.05) is 19.6 Å². The van der Waals surface area contributed by atoms with Crippen LogP contribution in [0.15, 0.2) is 0 Å². The Balaban J connectivity index is 2.97. The summed E-state index contributed by atoms with van der Waals surface area (Å²) in [5.74, 6) is 0. The lowest BCUT2D eigenvalue weighted by Gasteiger charge is -2.05. The minimum absolute atomic E-state index is 0.812. The molecule has 0 aromatic carbocycles. The van der Waals surface area contributed by atoms with Gasteiger partial charge in [-0.3, -0.25) is 0 Å². The highest BCUT2D eigenvalue weighted by Gasteiger charge is 1.96. The number of rotatable bonds is 26. The van der Waals surface area contributed by atoms with E-state index in [4.69, 9.17) is 5.73 Å². The van der Waals surface area contributed by atoms with Crippen molar-refractivity contribution in [3.63, 3.8) is 0 Å². The summed E-state index contributed by atoms with van der Waals surface area (Å²) in [5.41, 5.74) is 5.49. The quantitative estimate of drug-likeness (QED) is 0.140. The summed E-state index contributed by atoms with van der Waals surface area (Å²) < 4.78 is 0.